The monoisotopic (exact) mass is 477 g/mol. The fourth-order valence-electron chi connectivity index (χ4n) is 5.69. The van der Waals surface area contributed by atoms with Gasteiger partial charge in [0.1, 0.15) is 5.82 Å². The standard InChI is InChI=1S/C27H39N7O/c1-31(2)25-23-20-34(27(35)28-19-21-9-5-3-6-10-21)14-13-24(23)29-26(30-25)33-17-15-32(16-18-33)22-11-7-4-8-12-22/h3,5-6,9-10,22H,4,7-8,11-20H2,1-2H3,(H,28,35). The number of fused-ring (bicyclic) bond motifs is 1. The van der Waals surface area contributed by atoms with Crippen LogP contribution < -0.4 is 15.1 Å². The average molecular weight is 478 g/mol. The number of rotatable bonds is 5. The van der Waals surface area contributed by atoms with Gasteiger partial charge in [0, 0.05) is 71.4 Å². The highest BCUT2D eigenvalue weighted by molar-refractivity contribution is 5.75. The van der Waals surface area contributed by atoms with Gasteiger partial charge in [-0.25, -0.2) is 9.78 Å². The molecule has 2 aliphatic heterocycles. The molecule has 8 nitrogen and oxygen atoms in total. The van der Waals surface area contributed by atoms with E-state index in [0.717, 1.165) is 67.2 Å². The van der Waals surface area contributed by atoms with Crippen LogP contribution in [0.25, 0.3) is 0 Å². The second kappa shape index (κ2) is 10.8. The first kappa shape index (κ1) is 23.9. The number of hydrogen-bond donors (Lipinski definition) is 1. The van der Waals surface area contributed by atoms with Crippen LogP contribution in [0, 0.1) is 0 Å². The van der Waals surface area contributed by atoms with Crippen LogP contribution in [0.1, 0.15) is 48.9 Å². The van der Waals surface area contributed by atoms with Gasteiger partial charge in [-0.1, -0.05) is 49.6 Å². The smallest absolute Gasteiger partial charge is 0.317 e. The number of piperazine rings is 1. The third-order valence-electron chi connectivity index (χ3n) is 7.71. The van der Waals surface area contributed by atoms with E-state index in [4.69, 9.17) is 9.97 Å². The lowest BCUT2D eigenvalue weighted by Gasteiger charge is -2.41. The second-order valence-corrected chi connectivity index (χ2v) is 10.3. The van der Waals surface area contributed by atoms with Crippen LogP contribution in [-0.4, -0.2) is 78.7 Å². The molecule has 1 aromatic heterocycles. The molecule has 35 heavy (non-hydrogen) atoms. The molecule has 2 amide bonds. The van der Waals surface area contributed by atoms with Crippen LogP contribution in [0.5, 0.6) is 0 Å². The molecule has 1 aliphatic carbocycles. The maximum atomic E-state index is 12.9. The third-order valence-corrected chi connectivity index (χ3v) is 7.71. The Balaban J connectivity index is 1.25. The average Bonchev–Trinajstić information content (AvgIpc) is 2.92. The molecule has 5 rings (SSSR count). The quantitative estimate of drug-likeness (QED) is 0.713. The molecule has 3 aliphatic rings. The lowest BCUT2D eigenvalue weighted by molar-refractivity contribution is 0.147. The second-order valence-electron chi connectivity index (χ2n) is 10.3. The molecule has 0 bridgehead atoms. The molecule has 0 unspecified atom stereocenters. The van der Waals surface area contributed by atoms with Gasteiger partial charge in [0.25, 0.3) is 0 Å². The maximum absolute atomic E-state index is 12.9. The molecule has 1 N–H and O–H groups in total. The van der Waals surface area contributed by atoms with Crippen molar-refractivity contribution in [3.8, 4) is 0 Å². The summed E-state index contributed by atoms with van der Waals surface area (Å²) < 4.78 is 0. The predicted molar refractivity (Wildman–Crippen MR) is 140 cm³/mol. The van der Waals surface area contributed by atoms with Crippen molar-refractivity contribution in [1.82, 2.24) is 25.1 Å². The fourth-order valence-corrected chi connectivity index (χ4v) is 5.69. The minimum atomic E-state index is -0.0351. The van der Waals surface area contributed by atoms with Gasteiger partial charge < -0.3 is 20.0 Å². The summed E-state index contributed by atoms with van der Waals surface area (Å²) in [6, 6.07) is 10.8. The van der Waals surface area contributed by atoms with E-state index in [-0.39, 0.29) is 6.03 Å². The summed E-state index contributed by atoms with van der Waals surface area (Å²) in [7, 11) is 4.06. The summed E-state index contributed by atoms with van der Waals surface area (Å²) in [6.07, 6.45) is 7.63. The van der Waals surface area contributed by atoms with Crippen molar-refractivity contribution in [2.45, 2.75) is 57.7 Å². The number of urea groups is 1. The molecular formula is C27H39N7O. The molecule has 3 heterocycles. The van der Waals surface area contributed by atoms with E-state index < -0.39 is 0 Å². The SMILES string of the molecule is CN(C)c1nc(N2CCN(C3CCCCC3)CC2)nc2c1CN(C(=O)NCc1ccccc1)CC2. The first-order chi connectivity index (χ1) is 17.1. The van der Waals surface area contributed by atoms with Crippen LogP contribution in [0.2, 0.25) is 0 Å². The van der Waals surface area contributed by atoms with Crippen LogP contribution in [0.15, 0.2) is 30.3 Å². The number of aromatic nitrogens is 2. The summed E-state index contributed by atoms with van der Waals surface area (Å²) in [6.45, 7) is 5.90. The lowest BCUT2D eigenvalue weighted by Crippen LogP contribution is -2.51. The fraction of sp³-hybridized carbons (Fsp3) is 0.593. The topological polar surface area (TPSA) is 67.8 Å². The van der Waals surface area contributed by atoms with Crippen LogP contribution in [-0.2, 0) is 19.5 Å². The first-order valence-electron chi connectivity index (χ1n) is 13.2. The molecule has 2 aromatic rings. The number of carbonyl (C=O) groups is 1. The van der Waals surface area contributed by atoms with Crippen molar-refractivity contribution in [1.29, 1.82) is 0 Å². The van der Waals surface area contributed by atoms with E-state index in [9.17, 15) is 4.79 Å². The highest BCUT2D eigenvalue weighted by atomic mass is 16.2. The molecule has 1 saturated heterocycles. The number of amides is 2. The van der Waals surface area contributed by atoms with Gasteiger partial charge in [0.2, 0.25) is 5.95 Å². The zero-order chi connectivity index (χ0) is 24.2. The molecule has 2 fully saturated rings. The van der Waals surface area contributed by atoms with Crippen molar-refractivity contribution in [3.05, 3.63) is 47.2 Å². The largest absolute Gasteiger partial charge is 0.362 e. The van der Waals surface area contributed by atoms with Gasteiger partial charge in [0.05, 0.1) is 12.2 Å². The number of benzene rings is 1. The highest BCUT2D eigenvalue weighted by Crippen LogP contribution is 2.29. The van der Waals surface area contributed by atoms with Crippen molar-refractivity contribution in [3.63, 3.8) is 0 Å². The predicted octanol–water partition coefficient (Wildman–Crippen LogP) is 3.27. The van der Waals surface area contributed by atoms with E-state index in [1.165, 1.54) is 32.1 Å². The highest BCUT2D eigenvalue weighted by Gasteiger charge is 2.30. The summed E-state index contributed by atoms with van der Waals surface area (Å²) in [4.78, 5) is 31.9. The van der Waals surface area contributed by atoms with Gasteiger partial charge in [-0.3, -0.25) is 4.90 Å². The molecule has 8 heteroatoms. The number of hydrogen-bond acceptors (Lipinski definition) is 6. The summed E-state index contributed by atoms with van der Waals surface area (Å²) in [5, 5.41) is 3.06. The lowest BCUT2D eigenvalue weighted by atomic mass is 9.94. The van der Waals surface area contributed by atoms with Crippen molar-refractivity contribution < 1.29 is 4.79 Å². The van der Waals surface area contributed by atoms with Crippen LogP contribution in [0.4, 0.5) is 16.6 Å². The van der Waals surface area contributed by atoms with Gasteiger partial charge in [-0.15, -0.1) is 0 Å². The number of anilines is 2. The van der Waals surface area contributed by atoms with Gasteiger partial charge in [-0.2, -0.15) is 4.98 Å². The number of carbonyl (C=O) groups excluding carboxylic acids is 1. The molecule has 1 aromatic carbocycles. The Labute approximate surface area is 209 Å². The zero-order valence-corrected chi connectivity index (χ0v) is 21.2. The normalized spacial score (nSPS) is 19.4. The number of nitrogens with one attached hydrogen (secondary N) is 1. The summed E-state index contributed by atoms with van der Waals surface area (Å²) in [5.41, 5.74) is 3.25. The molecule has 0 atom stereocenters. The van der Waals surface area contributed by atoms with E-state index in [1.807, 2.05) is 49.3 Å². The van der Waals surface area contributed by atoms with E-state index >= 15 is 0 Å². The molecule has 0 spiro atoms. The number of nitrogens with zero attached hydrogens (tertiary/aromatic N) is 6. The molecule has 188 valence electrons. The Morgan fingerprint density at radius 3 is 2.46 bits per heavy atom. The van der Waals surface area contributed by atoms with Gasteiger partial charge in [0.15, 0.2) is 0 Å². The third kappa shape index (κ3) is 5.53. The zero-order valence-electron chi connectivity index (χ0n) is 21.2. The van der Waals surface area contributed by atoms with E-state index in [2.05, 4.69) is 20.0 Å². The Morgan fingerprint density at radius 2 is 1.74 bits per heavy atom. The van der Waals surface area contributed by atoms with Crippen molar-refractivity contribution in [2.24, 2.45) is 0 Å². The Kier molecular flexibility index (Phi) is 7.37. The van der Waals surface area contributed by atoms with Crippen molar-refractivity contribution >= 4 is 17.8 Å². The molecule has 1 saturated carbocycles. The maximum Gasteiger partial charge on any atom is 0.317 e. The summed E-state index contributed by atoms with van der Waals surface area (Å²) >= 11 is 0. The Morgan fingerprint density at radius 1 is 1.00 bits per heavy atom. The Hall–Kier alpha value is -2.87. The summed E-state index contributed by atoms with van der Waals surface area (Å²) in [5.74, 6) is 1.78. The van der Waals surface area contributed by atoms with Crippen molar-refractivity contribution in [2.75, 3.05) is 56.6 Å². The van der Waals surface area contributed by atoms with E-state index in [1.54, 1.807) is 0 Å². The van der Waals surface area contributed by atoms with Crippen LogP contribution >= 0.6 is 0 Å². The van der Waals surface area contributed by atoms with Gasteiger partial charge in [-0.05, 0) is 18.4 Å². The first-order valence-corrected chi connectivity index (χ1v) is 13.2. The van der Waals surface area contributed by atoms with E-state index in [0.29, 0.717) is 19.6 Å². The molecule has 0 radical (unpaired) electrons. The minimum Gasteiger partial charge on any atom is -0.362 e. The minimum absolute atomic E-state index is 0.0351. The Bertz CT molecular complexity index is 998. The molecular weight excluding hydrogens is 438 g/mol. The van der Waals surface area contributed by atoms with Gasteiger partial charge >= 0.3 is 6.03 Å². The van der Waals surface area contributed by atoms with Crippen LogP contribution in [0.3, 0.4) is 0 Å².